The summed E-state index contributed by atoms with van der Waals surface area (Å²) in [6.07, 6.45) is 52.0. The van der Waals surface area contributed by atoms with Gasteiger partial charge < -0.3 is 15.5 Å². The van der Waals surface area contributed by atoms with Crippen LogP contribution < -0.4 is 5.32 Å². The Balaban J connectivity index is 3.52. The van der Waals surface area contributed by atoms with Crippen molar-refractivity contribution in [2.75, 3.05) is 6.61 Å². The number of amides is 1. The van der Waals surface area contributed by atoms with Gasteiger partial charge in [-0.2, -0.15) is 0 Å². The number of aliphatic hydroxyl groups is 2. The smallest absolute Gasteiger partial charge is 0.220 e. The van der Waals surface area contributed by atoms with Crippen molar-refractivity contribution in [3.8, 4) is 0 Å². The summed E-state index contributed by atoms with van der Waals surface area (Å²) in [5.41, 5.74) is 0. The van der Waals surface area contributed by atoms with Crippen LogP contribution in [0.1, 0.15) is 181 Å². The fraction of sp³-hybridized carbons (Fsp3) is 0.738. The fourth-order valence-corrected chi connectivity index (χ4v) is 5.44. The molecule has 3 N–H and O–H groups in total. The van der Waals surface area contributed by atoms with Gasteiger partial charge in [0.2, 0.25) is 5.91 Å². The second-order valence-electron chi connectivity index (χ2n) is 13.0. The van der Waals surface area contributed by atoms with Gasteiger partial charge in [0.1, 0.15) is 0 Å². The van der Waals surface area contributed by atoms with Gasteiger partial charge >= 0.3 is 0 Å². The van der Waals surface area contributed by atoms with Crippen LogP contribution in [0.5, 0.6) is 0 Å². The molecule has 0 rings (SSSR count). The van der Waals surface area contributed by atoms with E-state index in [2.05, 4.69) is 67.8 Å². The lowest BCUT2D eigenvalue weighted by Gasteiger charge is -2.19. The highest BCUT2D eigenvalue weighted by atomic mass is 16.3. The van der Waals surface area contributed by atoms with E-state index in [0.717, 1.165) is 51.4 Å². The Morgan fingerprint density at radius 1 is 0.522 bits per heavy atom. The molecule has 0 fully saturated rings. The minimum atomic E-state index is -0.860. The number of unbranched alkanes of at least 4 members (excludes halogenated alkanes) is 19. The zero-order chi connectivity index (χ0) is 33.6. The van der Waals surface area contributed by atoms with Crippen LogP contribution in [0, 0.1) is 0 Å². The molecule has 0 aliphatic heterocycles. The quantitative estimate of drug-likeness (QED) is 0.0483. The van der Waals surface area contributed by atoms with E-state index in [1.54, 1.807) is 6.08 Å². The lowest BCUT2D eigenvalue weighted by atomic mass is 10.0. The van der Waals surface area contributed by atoms with E-state index < -0.39 is 12.1 Å². The number of hydrogen-bond donors (Lipinski definition) is 3. The van der Waals surface area contributed by atoms with Crippen LogP contribution in [-0.2, 0) is 4.79 Å². The van der Waals surface area contributed by atoms with E-state index in [4.69, 9.17) is 0 Å². The van der Waals surface area contributed by atoms with Gasteiger partial charge in [-0.15, -0.1) is 0 Å². The van der Waals surface area contributed by atoms with Crippen molar-refractivity contribution in [1.82, 2.24) is 5.32 Å². The number of aliphatic hydroxyl groups excluding tert-OH is 2. The molecule has 0 bridgehead atoms. The van der Waals surface area contributed by atoms with Crippen molar-refractivity contribution < 1.29 is 15.0 Å². The molecular weight excluding hydrogens is 566 g/mol. The molecule has 46 heavy (non-hydrogen) atoms. The van der Waals surface area contributed by atoms with E-state index in [9.17, 15) is 15.0 Å². The van der Waals surface area contributed by atoms with Crippen molar-refractivity contribution in [1.29, 1.82) is 0 Å². The summed E-state index contributed by atoms with van der Waals surface area (Å²) in [7, 11) is 0. The van der Waals surface area contributed by atoms with Gasteiger partial charge in [-0.1, -0.05) is 171 Å². The molecule has 4 heteroatoms. The van der Waals surface area contributed by atoms with Crippen LogP contribution in [0.4, 0.5) is 0 Å². The molecule has 0 saturated heterocycles. The van der Waals surface area contributed by atoms with Crippen molar-refractivity contribution in [3.05, 3.63) is 60.8 Å². The molecule has 4 nitrogen and oxygen atoms in total. The van der Waals surface area contributed by atoms with Gasteiger partial charge in [-0.3, -0.25) is 4.79 Å². The highest BCUT2D eigenvalue weighted by molar-refractivity contribution is 5.76. The Morgan fingerprint density at radius 2 is 0.957 bits per heavy atom. The summed E-state index contributed by atoms with van der Waals surface area (Å²) < 4.78 is 0. The topological polar surface area (TPSA) is 69.6 Å². The molecule has 1 amide bonds. The Labute approximate surface area is 286 Å². The molecule has 0 spiro atoms. The maximum Gasteiger partial charge on any atom is 0.220 e. The first-order valence-electron chi connectivity index (χ1n) is 19.5. The molecular formula is C42H75NO3. The van der Waals surface area contributed by atoms with E-state index in [1.165, 1.54) is 109 Å². The molecule has 0 saturated carbocycles. The van der Waals surface area contributed by atoms with Gasteiger partial charge in [0.05, 0.1) is 18.8 Å². The van der Waals surface area contributed by atoms with Crippen LogP contribution in [0.3, 0.4) is 0 Å². The van der Waals surface area contributed by atoms with Crippen LogP contribution in [-0.4, -0.2) is 34.9 Å². The molecule has 2 atom stereocenters. The predicted octanol–water partition coefficient (Wildman–Crippen LogP) is 11.8. The second-order valence-corrected chi connectivity index (χ2v) is 13.0. The van der Waals surface area contributed by atoms with Crippen LogP contribution in [0.15, 0.2) is 60.8 Å². The van der Waals surface area contributed by atoms with Gasteiger partial charge in [0.25, 0.3) is 0 Å². The van der Waals surface area contributed by atoms with Crippen LogP contribution >= 0.6 is 0 Å². The molecule has 0 aliphatic carbocycles. The van der Waals surface area contributed by atoms with Crippen LogP contribution in [0.25, 0.3) is 0 Å². The number of nitrogens with one attached hydrogen (secondary N) is 1. The second kappa shape index (κ2) is 37.5. The minimum Gasteiger partial charge on any atom is -0.394 e. The standard InChI is InChI=1S/C42H75NO3/c1-3-5-7-9-11-12-13-14-15-16-17-18-19-20-21-22-23-24-25-26-27-28-29-30-32-34-36-38-42(46)43-40(39-44)41(45)37-35-33-31-10-8-6-4-2/h8,10,13-14,16-17,19-20,35,37,40-41,44-45H,3-7,9,11-12,15,18,21-34,36,38-39H2,1-2H3,(H,43,46)/b10-8+,14-13-,17-16-,20-19-,37-35+. The average molecular weight is 642 g/mol. The summed E-state index contributed by atoms with van der Waals surface area (Å²) in [6.45, 7) is 4.17. The number of carbonyl (C=O) groups excluding carboxylic acids is 1. The zero-order valence-electron chi connectivity index (χ0n) is 30.3. The Kier molecular flexibility index (Phi) is 36.0. The zero-order valence-corrected chi connectivity index (χ0v) is 30.3. The number of hydrogen-bond acceptors (Lipinski definition) is 3. The Bertz CT molecular complexity index is 782. The molecule has 2 unspecified atom stereocenters. The normalized spacial score (nSPS) is 13.7. The van der Waals surface area contributed by atoms with Gasteiger partial charge in [0.15, 0.2) is 0 Å². The van der Waals surface area contributed by atoms with Crippen LogP contribution in [0.2, 0.25) is 0 Å². The first kappa shape index (κ1) is 44.1. The first-order chi connectivity index (χ1) is 22.7. The summed E-state index contributed by atoms with van der Waals surface area (Å²) in [6, 6.07) is -0.638. The Morgan fingerprint density at radius 3 is 1.48 bits per heavy atom. The molecule has 0 aromatic carbocycles. The lowest BCUT2D eigenvalue weighted by molar-refractivity contribution is -0.123. The molecule has 0 aromatic rings. The van der Waals surface area contributed by atoms with Crippen molar-refractivity contribution in [2.45, 2.75) is 193 Å². The monoisotopic (exact) mass is 642 g/mol. The van der Waals surface area contributed by atoms with Crippen molar-refractivity contribution in [2.24, 2.45) is 0 Å². The molecule has 0 radical (unpaired) electrons. The van der Waals surface area contributed by atoms with Gasteiger partial charge in [0, 0.05) is 6.42 Å². The third-order valence-electron chi connectivity index (χ3n) is 8.45. The van der Waals surface area contributed by atoms with E-state index in [-0.39, 0.29) is 12.5 Å². The van der Waals surface area contributed by atoms with Gasteiger partial charge in [-0.25, -0.2) is 0 Å². The highest BCUT2D eigenvalue weighted by Gasteiger charge is 2.17. The van der Waals surface area contributed by atoms with Gasteiger partial charge in [-0.05, 0) is 64.2 Å². The van der Waals surface area contributed by atoms with E-state index in [1.807, 2.05) is 6.08 Å². The highest BCUT2D eigenvalue weighted by Crippen LogP contribution is 2.13. The largest absolute Gasteiger partial charge is 0.394 e. The predicted molar refractivity (Wildman–Crippen MR) is 202 cm³/mol. The van der Waals surface area contributed by atoms with Crippen molar-refractivity contribution in [3.63, 3.8) is 0 Å². The number of rotatable bonds is 34. The third-order valence-corrected chi connectivity index (χ3v) is 8.45. The molecule has 0 aromatic heterocycles. The SMILES string of the molecule is CCC/C=C/CC/C=C/C(O)C(CO)NC(=O)CCCCCCCCCCCCCC/C=C\C/C=C\C/C=C\CCCCCCC. The summed E-state index contributed by atoms with van der Waals surface area (Å²) in [4.78, 5) is 12.3. The third kappa shape index (κ3) is 33.5. The summed E-state index contributed by atoms with van der Waals surface area (Å²) in [5, 5.41) is 22.7. The minimum absolute atomic E-state index is 0.0837. The number of carbonyl (C=O) groups is 1. The first-order valence-corrected chi connectivity index (χ1v) is 19.5. The van der Waals surface area contributed by atoms with Crippen molar-refractivity contribution >= 4 is 5.91 Å². The lowest BCUT2D eigenvalue weighted by Crippen LogP contribution is -2.45. The summed E-state index contributed by atoms with van der Waals surface area (Å²) in [5.74, 6) is -0.0837. The maximum absolute atomic E-state index is 12.3. The van der Waals surface area contributed by atoms with E-state index >= 15 is 0 Å². The summed E-state index contributed by atoms with van der Waals surface area (Å²) >= 11 is 0. The fourth-order valence-electron chi connectivity index (χ4n) is 5.44. The molecule has 0 aliphatic rings. The molecule has 266 valence electrons. The number of allylic oxidation sites excluding steroid dienone is 9. The molecule has 0 heterocycles. The Hall–Kier alpha value is -1.91. The maximum atomic E-state index is 12.3. The van der Waals surface area contributed by atoms with E-state index in [0.29, 0.717) is 6.42 Å². The average Bonchev–Trinajstić information content (AvgIpc) is 3.06.